The van der Waals surface area contributed by atoms with Crippen molar-refractivity contribution in [1.82, 2.24) is 15.0 Å². The van der Waals surface area contributed by atoms with Gasteiger partial charge >= 0.3 is 0 Å². The molecule has 3 aromatic rings. The normalized spacial score (nSPS) is 15.1. The predicted octanol–water partition coefficient (Wildman–Crippen LogP) is 2.98. The number of aryl methyl sites for hydroxylation is 1. The molecular formula is C23H23ClFN4O3S-. The number of carbonyl (C=O) groups excluding carboxylic acids is 1. The van der Waals surface area contributed by atoms with E-state index in [2.05, 4.69) is 19.9 Å². The lowest BCUT2D eigenvalue weighted by molar-refractivity contribution is 0.103. The second kappa shape index (κ2) is 10.7. The fourth-order valence-electron chi connectivity index (χ4n) is 3.94. The van der Waals surface area contributed by atoms with Gasteiger partial charge in [0.2, 0.25) is 0 Å². The van der Waals surface area contributed by atoms with E-state index < -0.39 is 17.1 Å². The third-order valence-corrected chi connectivity index (χ3v) is 6.50. The summed E-state index contributed by atoms with van der Waals surface area (Å²) >= 11 is 4.10. The van der Waals surface area contributed by atoms with Gasteiger partial charge in [0.25, 0.3) is 0 Å². The van der Waals surface area contributed by atoms with Crippen molar-refractivity contribution in [2.45, 2.75) is 12.8 Å². The molecule has 2 N–H and O–H groups in total. The van der Waals surface area contributed by atoms with Gasteiger partial charge in [0.15, 0.2) is 5.78 Å². The van der Waals surface area contributed by atoms with Gasteiger partial charge in [-0.15, -0.1) is 0 Å². The summed E-state index contributed by atoms with van der Waals surface area (Å²) in [7, 11) is 0. The van der Waals surface area contributed by atoms with Crippen LogP contribution in [0.2, 0.25) is 5.02 Å². The van der Waals surface area contributed by atoms with Crippen molar-refractivity contribution in [3.8, 4) is 0 Å². The smallest absolute Gasteiger partial charge is 0.194 e. The van der Waals surface area contributed by atoms with Crippen LogP contribution in [0.3, 0.4) is 0 Å². The van der Waals surface area contributed by atoms with Crippen LogP contribution in [0.25, 0.3) is 10.9 Å². The minimum atomic E-state index is -2.36. The van der Waals surface area contributed by atoms with Crippen LogP contribution in [-0.2, 0) is 17.7 Å². The molecule has 0 amide bonds. The molecule has 1 aliphatic rings. The van der Waals surface area contributed by atoms with Gasteiger partial charge in [0.1, 0.15) is 5.82 Å². The van der Waals surface area contributed by atoms with Crippen LogP contribution in [0.1, 0.15) is 27.9 Å². The second-order valence-corrected chi connectivity index (χ2v) is 8.96. The third kappa shape index (κ3) is 5.74. The van der Waals surface area contributed by atoms with Crippen molar-refractivity contribution in [3.05, 3.63) is 70.1 Å². The second-order valence-electron chi connectivity index (χ2n) is 7.83. The van der Waals surface area contributed by atoms with E-state index in [1.165, 1.54) is 6.07 Å². The third-order valence-electron chi connectivity index (χ3n) is 5.61. The lowest BCUT2D eigenvalue weighted by atomic mass is 9.98. The molecule has 1 saturated heterocycles. The standard InChI is InChI=1S/C23H24ClFN4O3S/c24-22-15(2-1-5-28-33(31)32)11-18(25)13-20(22)23(30)16-3-4-21-17(10-16)12-19(14-27-21)29-8-6-26-7-9-29/h3-4,10-14,26,28H,1-2,5-9H2,(H,31,32)/p-1. The Balaban J connectivity index is 1.60. The van der Waals surface area contributed by atoms with Crippen LogP contribution >= 0.6 is 11.6 Å². The molecule has 0 bridgehead atoms. The fourth-order valence-corrected chi connectivity index (χ4v) is 4.54. The lowest BCUT2D eigenvalue weighted by Crippen LogP contribution is -2.43. The SMILES string of the molecule is O=C(c1ccc2ncc(N3CCNCC3)cc2c1)c1cc(F)cc(CCCNS(=O)[O-])c1Cl. The van der Waals surface area contributed by atoms with Crippen molar-refractivity contribution >= 4 is 45.2 Å². The molecule has 4 rings (SSSR count). The van der Waals surface area contributed by atoms with Crippen LogP contribution in [0.15, 0.2) is 42.6 Å². The highest BCUT2D eigenvalue weighted by molar-refractivity contribution is 7.77. The molecule has 1 unspecified atom stereocenters. The summed E-state index contributed by atoms with van der Waals surface area (Å²) in [5, 5.41) is 4.32. The summed E-state index contributed by atoms with van der Waals surface area (Å²) in [6.07, 6.45) is 2.58. The van der Waals surface area contributed by atoms with Gasteiger partial charge in [0.05, 0.1) is 22.4 Å². The van der Waals surface area contributed by atoms with E-state index >= 15 is 0 Å². The molecule has 1 aromatic heterocycles. The molecule has 1 fully saturated rings. The number of ketones is 1. The van der Waals surface area contributed by atoms with Crippen LogP contribution in [0.4, 0.5) is 10.1 Å². The van der Waals surface area contributed by atoms with Crippen LogP contribution < -0.4 is 14.9 Å². The van der Waals surface area contributed by atoms with E-state index in [-0.39, 0.29) is 22.9 Å². The predicted molar refractivity (Wildman–Crippen MR) is 127 cm³/mol. The highest BCUT2D eigenvalue weighted by Gasteiger charge is 2.18. The van der Waals surface area contributed by atoms with E-state index in [1.807, 2.05) is 12.3 Å². The van der Waals surface area contributed by atoms with Gasteiger partial charge in [-0.2, -0.15) is 0 Å². The first-order valence-electron chi connectivity index (χ1n) is 10.6. The Morgan fingerprint density at radius 2 is 2.03 bits per heavy atom. The first-order valence-corrected chi connectivity index (χ1v) is 12.1. The largest absolute Gasteiger partial charge is 0.760 e. The number of benzene rings is 2. The molecule has 2 heterocycles. The van der Waals surface area contributed by atoms with Gasteiger partial charge in [-0.25, -0.2) is 9.11 Å². The molecule has 1 aliphatic heterocycles. The monoisotopic (exact) mass is 489 g/mol. The lowest BCUT2D eigenvalue weighted by Gasteiger charge is -2.29. The highest BCUT2D eigenvalue weighted by Crippen LogP contribution is 2.28. The molecular weight excluding hydrogens is 467 g/mol. The first kappa shape index (κ1) is 23.7. The molecule has 2 aromatic carbocycles. The van der Waals surface area contributed by atoms with Crippen LogP contribution in [0.5, 0.6) is 0 Å². The number of hydrogen-bond acceptors (Lipinski definition) is 6. The maximum absolute atomic E-state index is 14.3. The van der Waals surface area contributed by atoms with E-state index in [0.29, 0.717) is 24.0 Å². The first-order chi connectivity index (χ1) is 15.9. The summed E-state index contributed by atoms with van der Waals surface area (Å²) in [5.74, 6) is -0.949. The van der Waals surface area contributed by atoms with E-state index in [0.717, 1.165) is 48.8 Å². The zero-order valence-electron chi connectivity index (χ0n) is 17.8. The highest BCUT2D eigenvalue weighted by atomic mass is 35.5. The molecule has 33 heavy (non-hydrogen) atoms. The van der Waals surface area contributed by atoms with Crippen molar-refractivity contribution in [2.24, 2.45) is 0 Å². The van der Waals surface area contributed by atoms with E-state index in [1.54, 1.807) is 18.2 Å². The number of carbonyl (C=O) groups is 1. The number of nitrogens with zero attached hydrogens (tertiary/aromatic N) is 2. The van der Waals surface area contributed by atoms with Gasteiger partial charge in [-0.1, -0.05) is 11.6 Å². The molecule has 7 nitrogen and oxygen atoms in total. The Kier molecular flexibility index (Phi) is 7.67. The summed E-state index contributed by atoms with van der Waals surface area (Å²) in [4.78, 5) is 20.0. The number of fused-ring (bicyclic) bond motifs is 1. The van der Waals surface area contributed by atoms with Crippen molar-refractivity contribution < 1.29 is 17.9 Å². The Labute approximate surface area is 198 Å². The molecule has 1 atom stereocenters. The van der Waals surface area contributed by atoms with Crippen LogP contribution in [-0.4, -0.2) is 52.3 Å². The molecule has 0 saturated carbocycles. The minimum Gasteiger partial charge on any atom is -0.760 e. The fraction of sp³-hybridized carbons (Fsp3) is 0.304. The minimum absolute atomic E-state index is 0.0811. The quantitative estimate of drug-likeness (QED) is 0.287. The van der Waals surface area contributed by atoms with Crippen molar-refractivity contribution in [3.63, 3.8) is 0 Å². The molecule has 10 heteroatoms. The number of piperazine rings is 1. The summed E-state index contributed by atoms with van der Waals surface area (Å²) in [6.45, 7) is 3.77. The van der Waals surface area contributed by atoms with Crippen LogP contribution in [0, 0.1) is 5.82 Å². The number of aromatic nitrogens is 1. The molecule has 174 valence electrons. The number of hydrogen-bond donors (Lipinski definition) is 2. The summed E-state index contributed by atoms with van der Waals surface area (Å²) in [6, 6.07) is 9.61. The zero-order valence-corrected chi connectivity index (χ0v) is 19.3. The number of halogens is 2. The van der Waals surface area contributed by atoms with Gasteiger partial charge in [-0.3, -0.25) is 14.0 Å². The molecule has 0 radical (unpaired) electrons. The Morgan fingerprint density at radius 3 is 2.79 bits per heavy atom. The zero-order chi connectivity index (χ0) is 23.4. The Morgan fingerprint density at radius 1 is 1.24 bits per heavy atom. The Hall–Kier alpha value is -2.43. The topological polar surface area (TPSA) is 97.4 Å². The van der Waals surface area contributed by atoms with Gasteiger partial charge in [0, 0.05) is 60.5 Å². The van der Waals surface area contributed by atoms with Gasteiger partial charge < -0.3 is 14.8 Å². The maximum Gasteiger partial charge on any atom is 0.194 e. The Bertz CT molecular complexity index is 1200. The van der Waals surface area contributed by atoms with E-state index in [9.17, 15) is 17.9 Å². The number of nitrogens with one attached hydrogen (secondary N) is 2. The van der Waals surface area contributed by atoms with Crippen molar-refractivity contribution in [1.29, 1.82) is 0 Å². The molecule has 0 spiro atoms. The van der Waals surface area contributed by atoms with Gasteiger partial charge in [-0.05, 0) is 54.8 Å². The summed E-state index contributed by atoms with van der Waals surface area (Å²) in [5.41, 5.74) is 2.69. The number of pyridine rings is 1. The van der Waals surface area contributed by atoms with E-state index in [4.69, 9.17) is 11.6 Å². The average Bonchev–Trinajstić information content (AvgIpc) is 2.83. The number of anilines is 1. The summed E-state index contributed by atoms with van der Waals surface area (Å²) < 4.78 is 37.7. The number of rotatable bonds is 8. The maximum atomic E-state index is 14.3. The molecule has 0 aliphatic carbocycles. The average molecular weight is 490 g/mol. The van der Waals surface area contributed by atoms with Crippen molar-refractivity contribution in [2.75, 3.05) is 37.6 Å².